The summed E-state index contributed by atoms with van der Waals surface area (Å²) in [4.78, 5) is 21.4. The van der Waals surface area contributed by atoms with Gasteiger partial charge in [-0.05, 0) is 79.7 Å². The molecular formula is C28H27N7S. The number of hydrogen-bond donors (Lipinski definition) is 2. The van der Waals surface area contributed by atoms with Gasteiger partial charge in [0.1, 0.15) is 5.52 Å². The van der Waals surface area contributed by atoms with Crippen LogP contribution in [0.5, 0.6) is 0 Å². The normalized spacial score (nSPS) is 15.4. The second kappa shape index (κ2) is 9.64. The summed E-state index contributed by atoms with van der Waals surface area (Å²) < 4.78 is 0. The first-order valence-electron chi connectivity index (χ1n) is 12.2. The van der Waals surface area contributed by atoms with E-state index in [0.29, 0.717) is 17.2 Å². The Hall–Kier alpha value is -3.88. The van der Waals surface area contributed by atoms with Crippen LogP contribution in [0.4, 0.5) is 0 Å². The van der Waals surface area contributed by atoms with Gasteiger partial charge in [0.15, 0.2) is 17.2 Å². The summed E-state index contributed by atoms with van der Waals surface area (Å²) in [6.45, 7) is 9.31. The number of thiophene rings is 1. The molecule has 1 aliphatic rings. The predicted molar refractivity (Wildman–Crippen MR) is 148 cm³/mol. The Morgan fingerprint density at radius 2 is 2.06 bits per heavy atom. The van der Waals surface area contributed by atoms with Gasteiger partial charge in [-0.1, -0.05) is 24.8 Å². The highest BCUT2D eigenvalue weighted by atomic mass is 32.1. The molecule has 5 aromatic heterocycles. The van der Waals surface area contributed by atoms with Gasteiger partial charge in [0.2, 0.25) is 0 Å². The molecule has 0 atom stereocenters. The number of pyridine rings is 2. The number of nitrogens with zero attached hydrogens (tertiary/aromatic N) is 5. The van der Waals surface area contributed by atoms with E-state index < -0.39 is 0 Å². The predicted octanol–water partition coefficient (Wildman–Crippen LogP) is 6.24. The summed E-state index contributed by atoms with van der Waals surface area (Å²) in [5.41, 5.74) is 8.11. The van der Waals surface area contributed by atoms with E-state index in [2.05, 4.69) is 55.2 Å². The summed E-state index contributed by atoms with van der Waals surface area (Å²) in [5, 5.41) is 9.74. The zero-order valence-corrected chi connectivity index (χ0v) is 21.0. The maximum absolute atomic E-state index is 5.01. The van der Waals surface area contributed by atoms with E-state index in [0.717, 1.165) is 53.0 Å². The van der Waals surface area contributed by atoms with Gasteiger partial charge >= 0.3 is 0 Å². The Morgan fingerprint density at radius 3 is 2.83 bits per heavy atom. The van der Waals surface area contributed by atoms with E-state index in [1.165, 1.54) is 23.3 Å². The molecule has 6 rings (SSSR count). The topological polar surface area (TPSA) is 86.4 Å². The highest BCUT2D eigenvalue weighted by Gasteiger charge is 2.18. The minimum Gasteiger partial charge on any atom is -0.335 e. The molecule has 6 heterocycles. The van der Waals surface area contributed by atoms with Crippen LogP contribution in [-0.4, -0.2) is 54.7 Å². The number of likely N-dealkylation sites (tertiary alicyclic amines) is 1. The highest BCUT2D eigenvalue weighted by Crippen LogP contribution is 2.32. The molecule has 1 aliphatic heterocycles. The largest absolute Gasteiger partial charge is 0.335 e. The maximum Gasteiger partial charge on any atom is 0.178 e. The molecule has 0 unspecified atom stereocenters. The summed E-state index contributed by atoms with van der Waals surface area (Å²) >= 11 is 1.69. The first-order chi connectivity index (χ1) is 17.7. The maximum atomic E-state index is 5.01. The van der Waals surface area contributed by atoms with Crippen molar-refractivity contribution in [3.8, 4) is 22.0 Å². The van der Waals surface area contributed by atoms with Gasteiger partial charge in [-0.25, -0.2) is 15.0 Å². The lowest BCUT2D eigenvalue weighted by Crippen LogP contribution is -2.21. The van der Waals surface area contributed by atoms with Gasteiger partial charge in [-0.3, -0.25) is 10.00 Å². The van der Waals surface area contributed by atoms with Gasteiger partial charge in [-0.15, -0.1) is 11.3 Å². The third-order valence-electron chi connectivity index (χ3n) is 6.63. The van der Waals surface area contributed by atoms with Crippen molar-refractivity contribution in [3.63, 3.8) is 0 Å². The number of imidazole rings is 1. The number of rotatable bonds is 7. The zero-order valence-electron chi connectivity index (χ0n) is 20.2. The molecule has 0 saturated carbocycles. The molecule has 0 spiro atoms. The van der Waals surface area contributed by atoms with Crippen molar-refractivity contribution in [2.24, 2.45) is 0 Å². The van der Waals surface area contributed by atoms with Crippen molar-refractivity contribution in [1.29, 1.82) is 0 Å². The third-order valence-corrected chi connectivity index (χ3v) is 7.53. The van der Waals surface area contributed by atoms with Gasteiger partial charge in [0.25, 0.3) is 0 Å². The molecule has 0 radical (unpaired) electrons. The molecule has 0 aromatic carbocycles. The minimum absolute atomic E-state index is 0.649. The van der Waals surface area contributed by atoms with E-state index in [-0.39, 0.29) is 0 Å². The third kappa shape index (κ3) is 4.19. The van der Waals surface area contributed by atoms with E-state index in [1.54, 1.807) is 17.5 Å². The Labute approximate surface area is 213 Å². The highest BCUT2D eigenvalue weighted by molar-refractivity contribution is 7.13. The summed E-state index contributed by atoms with van der Waals surface area (Å²) in [7, 11) is 0. The molecular weight excluding hydrogens is 466 g/mol. The van der Waals surface area contributed by atoms with Crippen LogP contribution < -0.4 is 0 Å². The molecule has 8 heteroatoms. The molecule has 0 bridgehead atoms. The summed E-state index contributed by atoms with van der Waals surface area (Å²) in [5.74, 6) is 0.649. The fourth-order valence-corrected chi connectivity index (χ4v) is 5.52. The second-order valence-electron chi connectivity index (χ2n) is 8.94. The van der Waals surface area contributed by atoms with E-state index in [1.807, 2.05) is 37.3 Å². The smallest absolute Gasteiger partial charge is 0.178 e. The first kappa shape index (κ1) is 22.6. The average Bonchev–Trinajstić information content (AvgIpc) is 3.72. The number of nitrogens with one attached hydrogen (secondary N) is 2. The molecule has 0 amide bonds. The number of aromatic amines is 2. The van der Waals surface area contributed by atoms with Crippen LogP contribution >= 0.6 is 11.3 Å². The Morgan fingerprint density at radius 1 is 1.17 bits per heavy atom. The average molecular weight is 494 g/mol. The monoisotopic (exact) mass is 493 g/mol. The van der Waals surface area contributed by atoms with Gasteiger partial charge in [0.05, 0.1) is 16.7 Å². The molecule has 2 N–H and O–H groups in total. The molecule has 7 nitrogen and oxygen atoms in total. The fourth-order valence-electron chi connectivity index (χ4n) is 4.76. The van der Waals surface area contributed by atoms with Crippen molar-refractivity contribution >= 4 is 39.1 Å². The number of H-pyrrole nitrogens is 2. The summed E-state index contributed by atoms with van der Waals surface area (Å²) in [6.07, 6.45) is 10.6. The molecule has 36 heavy (non-hydrogen) atoms. The fraction of sp³-hybridized carbons (Fsp3) is 0.214. The lowest BCUT2D eigenvalue weighted by atomic mass is 10.1. The first-order valence-corrected chi connectivity index (χ1v) is 13.1. The van der Waals surface area contributed by atoms with Crippen LogP contribution in [0, 0.1) is 0 Å². The number of allylic oxidation sites excluding steroid dienone is 3. The van der Waals surface area contributed by atoms with Crippen LogP contribution in [0.15, 0.2) is 72.3 Å². The quantitative estimate of drug-likeness (QED) is 0.262. The Kier molecular flexibility index (Phi) is 6.04. The Balaban J connectivity index is 1.38. The minimum atomic E-state index is 0.649. The molecule has 0 aliphatic carbocycles. The van der Waals surface area contributed by atoms with Crippen molar-refractivity contribution in [2.45, 2.75) is 19.8 Å². The second-order valence-corrected chi connectivity index (χ2v) is 9.88. The zero-order chi connectivity index (χ0) is 24.5. The lowest BCUT2D eigenvalue weighted by Gasteiger charge is -2.15. The van der Waals surface area contributed by atoms with Crippen molar-refractivity contribution in [3.05, 3.63) is 78.0 Å². The van der Waals surface area contributed by atoms with E-state index >= 15 is 0 Å². The van der Waals surface area contributed by atoms with Crippen molar-refractivity contribution in [2.75, 3.05) is 19.6 Å². The van der Waals surface area contributed by atoms with Gasteiger partial charge in [0, 0.05) is 23.2 Å². The van der Waals surface area contributed by atoms with E-state index in [9.17, 15) is 0 Å². The number of hydrogen-bond acceptors (Lipinski definition) is 6. The van der Waals surface area contributed by atoms with Crippen molar-refractivity contribution in [1.82, 2.24) is 35.0 Å². The summed E-state index contributed by atoms with van der Waals surface area (Å²) in [6, 6.07) is 10.2. The standard InChI is InChI=1S/C28H27N7S/c1-3-18(17-35-13-5-6-14-35)16-19(4-2)21-9-10-22-25(30-21)26(34-33-22)28-31-24-20(23-8-7-15-36-23)11-12-29-27(24)32-28/h3-4,7-12,15-16H,1,5-6,13-14,17H2,2H3,(H,33,34)(H,29,31,32)/b18-16+,19-4+. The van der Waals surface area contributed by atoms with Crippen LogP contribution in [-0.2, 0) is 0 Å². The van der Waals surface area contributed by atoms with Crippen LogP contribution in [0.25, 0.3) is 49.7 Å². The molecule has 180 valence electrons. The van der Waals surface area contributed by atoms with Crippen molar-refractivity contribution < 1.29 is 0 Å². The van der Waals surface area contributed by atoms with Crippen LogP contribution in [0.1, 0.15) is 25.5 Å². The molecule has 5 aromatic rings. The SMILES string of the molecule is C=C/C(=C\C(=C/C)c1ccc2[nH]nc(-c3nc4nccc(-c5cccs5)c4[nH]3)c2n1)CN1CCCC1. The number of aromatic nitrogens is 6. The van der Waals surface area contributed by atoms with Gasteiger partial charge < -0.3 is 4.98 Å². The number of fused-ring (bicyclic) bond motifs is 2. The lowest BCUT2D eigenvalue weighted by molar-refractivity contribution is 0.371. The van der Waals surface area contributed by atoms with Crippen LogP contribution in [0.3, 0.4) is 0 Å². The molecule has 1 fully saturated rings. The van der Waals surface area contributed by atoms with E-state index in [4.69, 9.17) is 9.97 Å². The molecule has 1 saturated heterocycles. The Bertz CT molecular complexity index is 1600. The van der Waals surface area contributed by atoms with Crippen LogP contribution in [0.2, 0.25) is 0 Å². The van der Waals surface area contributed by atoms with Gasteiger partial charge in [-0.2, -0.15) is 5.10 Å².